The largest absolute Gasteiger partial charge is 0.448 e. The lowest BCUT2D eigenvalue weighted by molar-refractivity contribution is 0.226. The molecule has 7 nitrogen and oxygen atoms in total. The number of nitrogens with zero attached hydrogens (tertiary/aromatic N) is 6. The summed E-state index contributed by atoms with van der Waals surface area (Å²) in [5.74, 6) is 1.88. The van der Waals surface area contributed by atoms with Gasteiger partial charge in [0.1, 0.15) is 18.4 Å². The van der Waals surface area contributed by atoms with Gasteiger partial charge in [0.15, 0.2) is 0 Å². The van der Waals surface area contributed by atoms with Crippen molar-refractivity contribution in [2.24, 2.45) is 0 Å². The van der Waals surface area contributed by atoms with E-state index < -0.39 is 0 Å². The topological polar surface area (TPSA) is 61.5 Å². The second-order valence-corrected chi connectivity index (χ2v) is 7.28. The van der Waals surface area contributed by atoms with Gasteiger partial charge in [-0.3, -0.25) is 4.90 Å². The lowest BCUT2D eigenvalue weighted by atomic mass is 10.1. The standard InChI is InChI=1S/C20H24N6O/c1-2-7-26(6-1)20-17-13-16(3-4-18(17)22-15-23-20)25-10-8-24(9-11-25)14-19-21-5-12-27-19/h3-5,12-13,15H,1-2,6-11,14H2. The Bertz CT molecular complexity index is 898. The first-order valence-electron chi connectivity index (χ1n) is 9.72. The van der Waals surface area contributed by atoms with E-state index in [4.69, 9.17) is 4.42 Å². The van der Waals surface area contributed by atoms with E-state index in [1.807, 2.05) is 0 Å². The number of aromatic nitrogens is 3. The molecule has 2 fully saturated rings. The average molecular weight is 364 g/mol. The molecule has 0 unspecified atom stereocenters. The Labute approximate surface area is 158 Å². The Morgan fingerprint density at radius 2 is 1.74 bits per heavy atom. The molecule has 1 aromatic carbocycles. The van der Waals surface area contributed by atoms with E-state index in [9.17, 15) is 0 Å². The highest BCUT2D eigenvalue weighted by Crippen LogP contribution is 2.30. The minimum absolute atomic E-state index is 0.783. The zero-order valence-electron chi connectivity index (χ0n) is 15.4. The minimum atomic E-state index is 0.783. The summed E-state index contributed by atoms with van der Waals surface area (Å²) < 4.78 is 5.37. The predicted octanol–water partition coefficient (Wildman–Crippen LogP) is 2.54. The number of benzene rings is 1. The van der Waals surface area contributed by atoms with E-state index in [-0.39, 0.29) is 0 Å². The van der Waals surface area contributed by atoms with E-state index in [0.29, 0.717) is 0 Å². The Hall–Kier alpha value is -2.67. The van der Waals surface area contributed by atoms with Gasteiger partial charge < -0.3 is 14.2 Å². The fourth-order valence-electron chi connectivity index (χ4n) is 4.10. The molecule has 2 saturated heterocycles. The lowest BCUT2D eigenvalue weighted by Crippen LogP contribution is -2.46. The predicted molar refractivity (Wildman–Crippen MR) is 105 cm³/mol. The quantitative estimate of drug-likeness (QED) is 0.705. The summed E-state index contributed by atoms with van der Waals surface area (Å²) in [5.41, 5.74) is 2.28. The molecule has 0 amide bonds. The number of anilines is 2. The first-order valence-corrected chi connectivity index (χ1v) is 9.72. The third kappa shape index (κ3) is 3.35. The SMILES string of the molecule is c1coc(CN2CCN(c3ccc4ncnc(N5CCCC5)c4c3)CC2)n1. The summed E-state index contributed by atoms with van der Waals surface area (Å²) in [6, 6.07) is 6.59. The number of hydrogen-bond acceptors (Lipinski definition) is 7. The van der Waals surface area contributed by atoms with Crippen LogP contribution in [0.2, 0.25) is 0 Å². The molecular formula is C20H24N6O. The van der Waals surface area contributed by atoms with E-state index >= 15 is 0 Å². The molecule has 7 heteroatoms. The monoisotopic (exact) mass is 364 g/mol. The summed E-state index contributed by atoms with van der Waals surface area (Å²) in [4.78, 5) is 20.5. The first kappa shape index (κ1) is 16.5. The molecule has 0 N–H and O–H groups in total. The highest BCUT2D eigenvalue weighted by molar-refractivity contribution is 5.92. The fourth-order valence-corrected chi connectivity index (χ4v) is 4.10. The highest BCUT2D eigenvalue weighted by Gasteiger charge is 2.21. The van der Waals surface area contributed by atoms with Gasteiger partial charge >= 0.3 is 0 Å². The van der Waals surface area contributed by atoms with Crippen LogP contribution >= 0.6 is 0 Å². The van der Waals surface area contributed by atoms with Crippen LogP contribution in [0.3, 0.4) is 0 Å². The zero-order valence-corrected chi connectivity index (χ0v) is 15.4. The van der Waals surface area contributed by atoms with Gasteiger partial charge in [-0.2, -0.15) is 0 Å². The second-order valence-electron chi connectivity index (χ2n) is 7.28. The molecule has 5 rings (SSSR count). The van der Waals surface area contributed by atoms with Crippen molar-refractivity contribution >= 4 is 22.4 Å². The summed E-state index contributed by atoms with van der Waals surface area (Å²) in [5, 5.41) is 1.17. The molecule has 0 aliphatic carbocycles. The molecule has 2 aliphatic rings. The Morgan fingerprint density at radius 3 is 2.52 bits per heavy atom. The van der Waals surface area contributed by atoms with Crippen LogP contribution in [0.1, 0.15) is 18.7 Å². The number of oxazole rings is 1. The normalized spacial score (nSPS) is 18.5. The maximum Gasteiger partial charge on any atom is 0.208 e. The molecule has 0 radical (unpaired) electrons. The second kappa shape index (κ2) is 7.15. The van der Waals surface area contributed by atoms with Crippen LogP contribution < -0.4 is 9.80 Å². The maximum atomic E-state index is 5.37. The van der Waals surface area contributed by atoms with Gasteiger partial charge in [0.25, 0.3) is 0 Å². The van der Waals surface area contributed by atoms with Crippen LogP contribution in [0.4, 0.5) is 11.5 Å². The first-order chi connectivity index (χ1) is 13.4. The molecule has 4 heterocycles. The van der Waals surface area contributed by atoms with Crippen molar-refractivity contribution in [1.29, 1.82) is 0 Å². The molecule has 0 atom stereocenters. The van der Waals surface area contributed by atoms with Gasteiger partial charge in [-0.1, -0.05) is 0 Å². The molecule has 0 bridgehead atoms. The molecule has 140 valence electrons. The summed E-state index contributed by atoms with van der Waals surface area (Å²) >= 11 is 0. The van der Waals surface area contributed by atoms with Crippen LogP contribution in [0, 0.1) is 0 Å². The maximum absolute atomic E-state index is 5.37. The van der Waals surface area contributed by atoms with E-state index in [1.165, 1.54) is 23.9 Å². The summed E-state index contributed by atoms with van der Waals surface area (Å²) in [6.45, 7) is 6.98. The zero-order chi connectivity index (χ0) is 18.1. The van der Waals surface area contributed by atoms with Crippen molar-refractivity contribution in [3.8, 4) is 0 Å². The number of piperazine rings is 1. The van der Waals surface area contributed by atoms with Crippen molar-refractivity contribution in [3.63, 3.8) is 0 Å². The number of rotatable bonds is 4. The Morgan fingerprint density at radius 1 is 0.889 bits per heavy atom. The molecule has 27 heavy (non-hydrogen) atoms. The molecular weight excluding hydrogens is 340 g/mol. The van der Waals surface area contributed by atoms with E-state index in [2.05, 4.69) is 47.9 Å². The van der Waals surface area contributed by atoms with E-state index in [0.717, 1.165) is 63.0 Å². The minimum Gasteiger partial charge on any atom is -0.448 e. The lowest BCUT2D eigenvalue weighted by Gasteiger charge is -2.35. The smallest absolute Gasteiger partial charge is 0.208 e. The summed E-state index contributed by atoms with van der Waals surface area (Å²) in [6.07, 6.45) is 7.54. The van der Waals surface area contributed by atoms with Crippen molar-refractivity contribution in [1.82, 2.24) is 19.9 Å². The number of fused-ring (bicyclic) bond motifs is 1. The van der Waals surface area contributed by atoms with Gasteiger partial charge in [-0.05, 0) is 31.0 Å². The van der Waals surface area contributed by atoms with Crippen LogP contribution in [0.5, 0.6) is 0 Å². The van der Waals surface area contributed by atoms with Crippen LogP contribution in [0.15, 0.2) is 41.4 Å². The van der Waals surface area contributed by atoms with Crippen molar-refractivity contribution in [2.45, 2.75) is 19.4 Å². The molecule has 0 spiro atoms. The third-order valence-corrected chi connectivity index (χ3v) is 5.58. The van der Waals surface area contributed by atoms with Crippen molar-refractivity contribution < 1.29 is 4.42 Å². The van der Waals surface area contributed by atoms with Crippen molar-refractivity contribution in [3.05, 3.63) is 42.9 Å². The Kier molecular flexibility index (Phi) is 4.37. The number of hydrogen-bond donors (Lipinski definition) is 0. The molecule has 3 aromatic rings. The highest BCUT2D eigenvalue weighted by atomic mass is 16.3. The van der Waals surface area contributed by atoms with Gasteiger partial charge in [-0.15, -0.1) is 0 Å². The fraction of sp³-hybridized carbons (Fsp3) is 0.450. The Balaban J connectivity index is 1.34. The van der Waals surface area contributed by atoms with Gasteiger partial charge in [-0.25, -0.2) is 15.0 Å². The van der Waals surface area contributed by atoms with Gasteiger partial charge in [0, 0.05) is 50.3 Å². The molecule has 0 saturated carbocycles. The van der Waals surface area contributed by atoms with Crippen LogP contribution in [-0.2, 0) is 6.54 Å². The van der Waals surface area contributed by atoms with E-state index in [1.54, 1.807) is 18.8 Å². The van der Waals surface area contributed by atoms with Crippen molar-refractivity contribution in [2.75, 3.05) is 49.1 Å². The average Bonchev–Trinajstić information content (AvgIpc) is 3.42. The van der Waals surface area contributed by atoms with Gasteiger partial charge in [0.05, 0.1) is 18.3 Å². The summed E-state index contributed by atoms with van der Waals surface area (Å²) in [7, 11) is 0. The third-order valence-electron chi connectivity index (χ3n) is 5.58. The van der Waals surface area contributed by atoms with Crippen LogP contribution in [-0.4, -0.2) is 59.1 Å². The van der Waals surface area contributed by atoms with Gasteiger partial charge in [0.2, 0.25) is 5.89 Å². The molecule has 2 aliphatic heterocycles. The van der Waals surface area contributed by atoms with Crippen LogP contribution in [0.25, 0.3) is 10.9 Å². The molecule has 2 aromatic heterocycles.